The maximum atomic E-state index is 12.3. The summed E-state index contributed by atoms with van der Waals surface area (Å²) < 4.78 is 11.0. The maximum Gasteiger partial charge on any atom is 0.432 e. The van der Waals surface area contributed by atoms with Crippen LogP contribution in [0.5, 0.6) is 5.75 Å². The molecule has 2 atom stereocenters. The van der Waals surface area contributed by atoms with Crippen LogP contribution in [0.1, 0.15) is 66.0 Å². The van der Waals surface area contributed by atoms with Gasteiger partial charge in [0.05, 0.1) is 12.6 Å². The van der Waals surface area contributed by atoms with Crippen molar-refractivity contribution in [3.8, 4) is 5.75 Å². The van der Waals surface area contributed by atoms with E-state index in [4.69, 9.17) is 9.47 Å². The first kappa shape index (κ1) is 24.4. The van der Waals surface area contributed by atoms with E-state index in [-0.39, 0.29) is 24.3 Å². The fourth-order valence-corrected chi connectivity index (χ4v) is 2.93. The molecule has 0 saturated carbocycles. The molecular weight excluding hydrogens is 424 g/mol. The van der Waals surface area contributed by atoms with Gasteiger partial charge < -0.3 is 9.47 Å². The number of imide groups is 1. The fourth-order valence-electron chi connectivity index (χ4n) is 2.70. The van der Waals surface area contributed by atoms with E-state index in [1.165, 1.54) is 0 Å². The first-order valence-corrected chi connectivity index (χ1v) is 10.9. The monoisotopic (exact) mass is 456 g/mol. The number of nitrogens with one attached hydrogen (secondary N) is 1. The third-order valence-electron chi connectivity index (χ3n) is 3.95. The molecule has 7 heteroatoms. The minimum atomic E-state index is -0.672. The molecule has 1 heterocycles. The molecule has 1 aromatic carbocycles. The summed E-state index contributed by atoms with van der Waals surface area (Å²) in [5.41, 5.74) is 3.36. The number of benzene rings is 1. The number of hydrazine groups is 1. The van der Waals surface area contributed by atoms with Crippen LogP contribution in [0.3, 0.4) is 0 Å². The molecule has 2 rings (SSSR count). The second-order valence-corrected chi connectivity index (χ2v) is 8.25. The van der Waals surface area contributed by atoms with E-state index in [1.54, 1.807) is 20.8 Å². The molecule has 1 saturated heterocycles. The first-order valence-electron chi connectivity index (χ1n) is 9.82. The van der Waals surface area contributed by atoms with Gasteiger partial charge in [-0.15, -0.1) is 0 Å². The van der Waals surface area contributed by atoms with Gasteiger partial charge in [0, 0.05) is 11.8 Å². The molecular formula is C21H33BrN2O4. The number of hydrogen-bond donors (Lipinski definition) is 1. The SMILES string of the molecule is CC.CC1CC(=O)N(C(=O)OC(C)(C)C)NC1c1ccc(OCCCBr)cc1. The van der Waals surface area contributed by atoms with Crippen molar-refractivity contribution in [1.29, 1.82) is 0 Å². The van der Waals surface area contributed by atoms with Crippen molar-refractivity contribution in [2.24, 2.45) is 5.92 Å². The molecule has 1 aliphatic heterocycles. The highest BCUT2D eigenvalue weighted by Crippen LogP contribution is 2.31. The maximum absolute atomic E-state index is 12.3. The summed E-state index contributed by atoms with van der Waals surface area (Å²) in [6.45, 7) is 12.0. The molecule has 0 spiro atoms. The van der Waals surface area contributed by atoms with Crippen molar-refractivity contribution in [2.75, 3.05) is 11.9 Å². The summed E-state index contributed by atoms with van der Waals surface area (Å²) in [5, 5.41) is 1.90. The highest BCUT2D eigenvalue weighted by molar-refractivity contribution is 9.09. The number of carbonyl (C=O) groups excluding carboxylic acids is 2. The molecule has 2 amide bonds. The van der Waals surface area contributed by atoms with Gasteiger partial charge in [0.1, 0.15) is 11.4 Å². The number of nitrogens with zero attached hydrogens (tertiary/aromatic N) is 1. The van der Waals surface area contributed by atoms with Crippen molar-refractivity contribution in [3.05, 3.63) is 29.8 Å². The van der Waals surface area contributed by atoms with Crippen molar-refractivity contribution in [1.82, 2.24) is 10.4 Å². The van der Waals surface area contributed by atoms with Crippen LogP contribution < -0.4 is 10.2 Å². The minimum absolute atomic E-state index is 0.0568. The lowest BCUT2D eigenvalue weighted by atomic mass is 9.90. The number of alkyl halides is 1. The zero-order chi connectivity index (χ0) is 21.3. The highest BCUT2D eigenvalue weighted by Gasteiger charge is 2.37. The van der Waals surface area contributed by atoms with E-state index in [0.717, 1.165) is 28.1 Å². The topological polar surface area (TPSA) is 67.9 Å². The standard InChI is InChI=1S/C19H27BrN2O4.C2H6/c1-13-12-16(23)22(18(24)26-19(2,3)4)21-17(13)14-6-8-15(9-7-14)25-11-5-10-20;1-2/h6-9,13,17,21H,5,10-12H2,1-4H3;1-2H3. The summed E-state index contributed by atoms with van der Waals surface area (Å²) in [6.07, 6.45) is 0.546. The van der Waals surface area contributed by atoms with Gasteiger partial charge >= 0.3 is 6.09 Å². The molecule has 2 unspecified atom stereocenters. The molecule has 28 heavy (non-hydrogen) atoms. The quantitative estimate of drug-likeness (QED) is 0.485. The Hall–Kier alpha value is -1.60. The van der Waals surface area contributed by atoms with E-state index >= 15 is 0 Å². The lowest BCUT2D eigenvalue weighted by Gasteiger charge is -2.37. The fraction of sp³-hybridized carbons (Fsp3) is 0.619. The Morgan fingerprint density at radius 2 is 1.86 bits per heavy atom. The van der Waals surface area contributed by atoms with Gasteiger partial charge in [-0.1, -0.05) is 48.8 Å². The summed E-state index contributed by atoms with van der Waals surface area (Å²) in [6, 6.07) is 7.58. The van der Waals surface area contributed by atoms with E-state index in [0.29, 0.717) is 6.61 Å². The van der Waals surface area contributed by atoms with Crippen LogP contribution in [0.4, 0.5) is 4.79 Å². The number of hydrogen-bond acceptors (Lipinski definition) is 5. The van der Waals surface area contributed by atoms with Crippen molar-refractivity contribution in [2.45, 2.75) is 66.0 Å². The molecule has 0 aromatic heterocycles. The number of halogens is 1. The summed E-state index contributed by atoms with van der Waals surface area (Å²) in [7, 11) is 0. The first-order chi connectivity index (χ1) is 13.2. The molecule has 158 valence electrons. The smallest absolute Gasteiger partial charge is 0.432 e. The third kappa shape index (κ3) is 7.43. The lowest BCUT2D eigenvalue weighted by molar-refractivity contribution is -0.139. The van der Waals surface area contributed by atoms with E-state index in [1.807, 2.05) is 45.0 Å². The van der Waals surface area contributed by atoms with Crippen LogP contribution in [0.25, 0.3) is 0 Å². The summed E-state index contributed by atoms with van der Waals surface area (Å²) >= 11 is 3.38. The van der Waals surface area contributed by atoms with Gasteiger partial charge in [0.25, 0.3) is 0 Å². The Morgan fingerprint density at radius 1 is 1.25 bits per heavy atom. The van der Waals surface area contributed by atoms with Crippen molar-refractivity contribution < 1.29 is 19.1 Å². The molecule has 6 nitrogen and oxygen atoms in total. The Balaban J connectivity index is 0.00000190. The van der Waals surface area contributed by atoms with Gasteiger partial charge in [-0.25, -0.2) is 10.2 Å². The molecule has 0 radical (unpaired) electrons. The Bertz CT molecular complexity index is 628. The van der Waals surface area contributed by atoms with Crippen LogP contribution in [-0.2, 0) is 9.53 Å². The van der Waals surface area contributed by atoms with Gasteiger partial charge in [0.2, 0.25) is 5.91 Å². The van der Waals surface area contributed by atoms with E-state index < -0.39 is 11.7 Å². The number of rotatable bonds is 5. The van der Waals surface area contributed by atoms with Gasteiger partial charge in [-0.3, -0.25) is 4.79 Å². The predicted molar refractivity (Wildman–Crippen MR) is 114 cm³/mol. The molecule has 0 aliphatic carbocycles. The molecule has 1 aromatic rings. The second kappa shape index (κ2) is 11.4. The number of ether oxygens (including phenoxy) is 2. The van der Waals surface area contributed by atoms with Crippen LogP contribution in [0.2, 0.25) is 0 Å². The van der Waals surface area contributed by atoms with Crippen LogP contribution in [-0.4, -0.2) is 34.5 Å². The lowest BCUT2D eigenvalue weighted by Crippen LogP contribution is -2.55. The van der Waals surface area contributed by atoms with Gasteiger partial charge in [-0.2, -0.15) is 5.01 Å². The molecule has 1 N–H and O–H groups in total. The zero-order valence-corrected chi connectivity index (χ0v) is 19.3. The number of carbonyl (C=O) groups is 2. The molecule has 1 fully saturated rings. The Kier molecular flexibility index (Phi) is 9.96. The van der Waals surface area contributed by atoms with Crippen LogP contribution in [0.15, 0.2) is 24.3 Å². The zero-order valence-electron chi connectivity index (χ0n) is 17.8. The molecule has 0 bridgehead atoms. The summed E-state index contributed by atoms with van der Waals surface area (Å²) in [4.78, 5) is 24.6. The van der Waals surface area contributed by atoms with E-state index in [2.05, 4.69) is 21.4 Å². The third-order valence-corrected chi connectivity index (χ3v) is 4.51. The largest absolute Gasteiger partial charge is 0.494 e. The van der Waals surface area contributed by atoms with E-state index in [9.17, 15) is 9.59 Å². The highest BCUT2D eigenvalue weighted by atomic mass is 79.9. The van der Waals surface area contributed by atoms with Crippen LogP contribution in [0, 0.1) is 5.92 Å². The van der Waals surface area contributed by atoms with Gasteiger partial charge in [0.15, 0.2) is 0 Å². The average Bonchev–Trinajstić information content (AvgIpc) is 2.63. The normalized spacial score (nSPS) is 19.5. The van der Waals surface area contributed by atoms with Crippen molar-refractivity contribution >= 4 is 27.9 Å². The second-order valence-electron chi connectivity index (χ2n) is 7.46. The molecule has 1 aliphatic rings. The van der Waals surface area contributed by atoms with Crippen LogP contribution >= 0.6 is 15.9 Å². The van der Waals surface area contributed by atoms with Gasteiger partial charge in [-0.05, 0) is 50.8 Å². The average molecular weight is 457 g/mol. The predicted octanol–water partition coefficient (Wildman–Crippen LogP) is 5.23. The van der Waals surface area contributed by atoms with Crippen molar-refractivity contribution in [3.63, 3.8) is 0 Å². The Morgan fingerprint density at radius 3 is 2.39 bits per heavy atom. The summed E-state index contributed by atoms with van der Waals surface area (Å²) in [5.74, 6) is 0.581. The number of amides is 2. The minimum Gasteiger partial charge on any atom is -0.494 e. The Labute approximate surface area is 177 Å².